The first-order valence-electron chi connectivity index (χ1n) is 8.26. The van der Waals surface area contributed by atoms with Gasteiger partial charge in [-0.1, -0.05) is 12.0 Å². The van der Waals surface area contributed by atoms with Crippen molar-refractivity contribution in [3.63, 3.8) is 0 Å². The van der Waals surface area contributed by atoms with Crippen LogP contribution in [0.2, 0.25) is 0 Å². The Kier molecular flexibility index (Phi) is 4.13. The molecule has 0 bridgehead atoms. The molecule has 1 aliphatic rings. The number of nitrogens with zero attached hydrogens (tertiary/aromatic N) is 2. The molecule has 0 spiro atoms. The largest absolute Gasteiger partial charge is 0.379 e. The Hall–Kier alpha value is -2.84. The Morgan fingerprint density at radius 1 is 1.17 bits per heavy atom. The summed E-state index contributed by atoms with van der Waals surface area (Å²) in [7, 11) is 0. The molecule has 24 heavy (non-hydrogen) atoms. The Balaban J connectivity index is 1.71. The van der Waals surface area contributed by atoms with Crippen molar-refractivity contribution in [2.24, 2.45) is 0 Å². The summed E-state index contributed by atoms with van der Waals surface area (Å²) in [6.45, 7) is 2.07. The standard InChI is InChI=1S/C19H19N5/c1-2-10-21-15(4-1)7-6-14-12-23-19-17(8-11-22-19)18(14)24-16-5-3-9-20-13-16/h1-2,4,8,10-12,16,20H,3,5,9,13H2,(H2,22,23,24)/t16-/m0/s1. The van der Waals surface area contributed by atoms with Crippen LogP contribution in [0.25, 0.3) is 11.0 Å². The van der Waals surface area contributed by atoms with Gasteiger partial charge in [-0.2, -0.15) is 0 Å². The maximum Gasteiger partial charge on any atom is 0.139 e. The summed E-state index contributed by atoms with van der Waals surface area (Å²) in [5, 5.41) is 8.19. The minimum Gasteiger partial charge on any atom is -0.379 e. The number of aromatic nitrogens is 3. The van der Waals surface area contributed by atoms with E-state index in [1.807, 2.05) is 36.7 Å². The second-order valence-electron chi connectivity index (χ2n) is 5.94. The fraction of sp³-hybridized carbons (Fsp3) is 0.263. The van der Waals surface area contributed by atoms with E-state index >= 15 is 0 Å². The molecule has 120 valence electrons. The van der Waals surface area contributed by atoms with Crippen molar-refractivity contribution in [3.8, 4) is 11.8 Å². The molecule has 3 aromatic rings. The molecule has 1 aliphatic heterocycles. The average molecular weight is 317 g/mol. The van der Waals surface area contributed by atoms with Crippen LogP contribution in [0.4, 0.5) is 5.69 Å². The van der Waals surface area contributed by atoms with Crippen LogP contribution < -0.4 is 10.6 Å². The Morgan fingerprint density at radius 3 is 3.00 bits per heavy atom. The molecule has 0 aliphatic carbocycles. The Bertz CT molecular complexity index is 882. The highest BCUT2D eigenvalue weighted by Crippen LogP contribution is 2.26. The van der Waals surface area contributed by atoms with Gasteiger partial charge in [0, 0.05) is 36.6 Å². The van der Waals surface area contributed by atoms with Crippen LogP contribution in [0.5, 0.6) is 0 Å². The molecular formula is C19H19N5. The van der Waals surface area contributed by atoms with Gasteiger partial charge in [-0.05, 0) is 43.5 Å². The van der Waals surface area contributed by atoms with Gasteiger partial charge in [0.15, 0.2) is 0 Å². The number of rotatable bonds is 2. The van der Waals surface area contributed by atoms with Crippen molar-refractivity contribution >= 4 is 16.7 Å². The minimum absolute atomic E-state index is 0.412. The Morgan fingerprint density at radius 2 is 2.17 bits per heavy atom. The van der Waals surface area contributed by atoms with Crippen molar-refractivity contribution in [2.75, 3.05) is 18.4 Å². The topological polar surface area (TPSA) is 65.6 Å². The lowest BCUT2D eigenvalue weighted by Crippen LogP contribution is -2.38. The third-order valence-electron chi connectivity index (χ3n) is 4.22. The van der Waals surface area contributed by atoms with Gasteiger partial charge >= 0.3 is 0 Å². The zero-order valence-corrected chi connectivity index (χ0v) is 13.3. The summed E-state index contributed by atoms with van der Waals surface area (Å²) in [6, 6.07) is 8.20. The smallest absolute Gasteiger partial charge is 0.139 e. The van der Waals surface area contributed by atoms with Crippen molar-refractivity contribution in [3.05, 3.63) is 54.1 Å². The fourth-order valence-electron chi connectivity index (χ4n) is 3.01. The SMILES string of the molecule is C(#Cc1cnc2[nH]ccc2c1N[C@H]1CCCNC1)c1ccccn1. The molecule has 4 rings (SSSR count). The lowest BCUT2D eigenvalue weighted by Gasteiger charge is -2.25. The zero-order chi connectivity index (χ0) is 16.2. The average Bonchev–Trinajstić information content (AvgIpc) is 3.12. The van der Waals surface area contributed by atoms with Gasteiger partial charge in [0.2, 0.25) is 0 Å². The van der Waals surface area contributed by atoms with E-state index in [0.29, 0.717) is 6.04 Å². The number of hydrogen-bond acceptors (Lipinski definition) is 4. The predicted molar refractivity (Wildman–Crippen MR) is 95.8 cm³/mol. The first-order valence-corrected chi connectivity index (χ1v) is 8.26. The van der Waals surface area contributed by atoms with Gasteiger partial charge in [-0.3, -0.25) is 0 Å². The van der Waals surface area contributed by atoms with E-state index in [9.17, 15) is 0 Å². The summed E-state index contributed by atoms with van der Waals surface area (Å²) >= 11 is 0. The van der Waals surface area contributed by atoms with E-state index in [1.165, 1.54) is 6.42 Å². The van der Waals surface area contributed by atoms with Gasteiger partial charge < -0.3 is 15.6 Å². The molecule has 0 aromatic carbocycles. The van der Waals surface area contributed by atoms with Crippen molar-refractivity contribution in [1.82, 2.24) is 20.3 Å². The van der Waals surface area contributed by atoms with Crippen molar-refractivity contribution in [1.29, 1.82) is 0 Å². The van der Waals surface area contributed by atoms with E-state index in [-0.39, 0.29) is 0 Å². The Labute approximate surface area is 140 Å². The molecule has 0 radical (unpaired) electrons. The fourth-order valence-corrected chi connectivity index (χ4v) is 3.01. The maximum absolute atomic E-state index is 4.47. The molecule has 5 nitrogen and oxygen atoms in total. The molecular weight excluding hydrogens is 298 g/mol. The second kappa shape index (κ2) is 6.73. The number of pyridine rings is 2. The predicted octanol–water partition coefficient (Wildman–Crippen LogP) is 2.52. The van der Waals surface area contributed by atoms with Crippen LogP contribution in [0, 0.1) is 11.8 Å². The number of fused-ring (bicyclic) bond motifs is 1. The lowest BCUT2D eigenvalue weighted by molar-refractivity contribution is 0.480. The minimum atomic E-state index is 0.412. The highest BCUT2D eigenvalue weighted by Gasteiger charge is 2.16. The molecule has 4 heterocycles. The highest BCUT2D eigenvalue weighted by atomic mass is 15.0. The number of H-pyrrole nitrogens is 1. The van der Waals surface area contributed by atoms with Crippen LogP contribution in [0.15, 0.2) is 42.9 Å². The third kappa shape index (κ3) is 3.10. The van der Waals surface area contributed by atoms with Crippen molar-refractivity contribution in [2.45, 2.75) is 18.9 Å². The van der Waals surface area contributed by atoms with Crippen LogP contribution in [-0.4, -0.2) is 34.1 Å². The summed E-state index contributed by atoms with van der Waals surface area (Å²) in [5.74, 6) is 6.36. The molecule has 0 amide bonds. The van der Waals surface area contributed by atoms with Gasteiger partial charge in [0.25, 0.3) is 0 Å². The van der Waals surface area contributed by atoms with Crippen LogP contribution in [0.1, 0.15) is 24.1 Å². The summed E-state index contributed by atoms with van der Waals surface area (Å²) in [6.07, 6.45) is 7.85. The molecule has 3 N–H and O–H groups in total. The molecule has 3 aromatic heterocycles. The normalized spacial score (nSPS) is 17.2. The van der Waals surface area contributed by atoms with Crippen molar-refractivity contribution < 1.29 is 0 Å². The quantitative estimate of drug-likeness (QED) is 0.636. The maximum atomic E-state index is 4.47. The second-order valence-corrected chi connectivity index (χ2v) is 5.94. The molecule has 0 unspecified atom stereocenters. The van der Waals surface area contributed by atoms with E-state index < -0.39 is 0 Å². The first kappa shape index (κ1) is 14.7. The molecule has 0 saturated carbocycles. The number of aromatic amines is 1. The van der Waals surface area contributed by atoms with E-state index in [4.69, 9.17) is 0 Å². The van der Waals surface area contributed by atoms with Crippen LogP contribution in [0.3, 0.4) is 0 Å². The van der Waals surface area contributed by atoms with E-state index in [0.717, 1.165) is 47.5 Å². The highest BCUT2D eigenvalue weighted by molar-refractivity contribution is 5.92. The summed E-state index contributed by atoms with van der Waals surface area (Å²) in [4.78, 5) is 11.9. The number of nitrogens with one attached hydrogen (secondary N) is 3. The summed E-state index contributed by atoms with van der Waals surface area (Å²) in [5.41, 5.74) is 3.60. The number of anilines is 1. The third-order valence-corrected chi connectivity index (χ3v) is 4.22. The molecule has 5 heteroatoms. The van der Waals surface area contributed by atoms with Gasteiger partial charge in [-0.25, -0.2) is 9.97 Å². The molecule has 1 saturated heterocycles. The van der Waals surface area contributed by atoms with Crippen LogP contribution in [-0.2, 0) is 0 Å². The number of hydrogen-bond donors (Lipinski definition) is 3. The van der Waals surface area contributed by atoms with Crippen LogP contribution >= 0.6 is 0 Å². The zero-order valence-electron chi connectivity index (χ0n) is 13.3. The van der Waals surface area contributed by atoms with E-state index in [1.54, 1.807) is 6.20 Å². The number of piperidine rings is 1. The molecule has 1 fully saturated rings. The molecule has 1 atom stereocenters. The first-order chi connectivity index (χ1) is 11.9. The van der Waals surface area contributed by atoms with Gasteiger partial charge in [0.05, 0.1) is 11.3 Å². The monoisotopic (exact) mass is 317 g/mol. The summed E-state index contributed by atoms with van der Waals surface area (Å²) < 4.78 is 0. The lowest BCUT2D eigenvalue weighted by atomic mass is 10.1. The van der Waals surface area contributed by atoms with Gasteiger partial charge in [0.1, 0.15) is 11.3 Å². The van der Waals surface area contributed by atoms with Gasteiger partial charge in [-0.15, -0.1) is 0 Å². The van der Waals surface area contributed by atoms with E-state index in [2.05, 4.69) is 37.4 Å².